The molecule has 0 spiro atoms. The van der Waals surface area contributed by atoms with Gasteiger partial charge in [-0.2, -0.15) is 0 Å². The minimum absolute atomic E-state index is 0.300. The van der Waals surface area contributed by atoms with Gasteiger partial charge in [-0.1, -0.05) is 12.1 Å². The van der Waals surface area contributed by atoms with E-state index in [0.29, 0.717) is 17.1 Å². The smallest absolute Gasteiger partial charge is 0.326 e. The summed E-state index contributed by atoms with van der Waals surface area (Å²) in [6, 6.07) is 5.11. The third kappa shape index (κ3) is 2.91. The SMILES string of the molecule is NC(C(=O)O)c1csc(Cc2cccc(F)c2)n1. The van der Waals surface area contributed by atoms with E-state index in [-0.39, 0.29) is 5.82 Å². The molecular weight excluding hydrogens is 255 g/mol. The number of carboxylic acids is 1. The van der Waals surface area contributed by atoms with Gasteiger partial charge in [-0.3, -0.25) is 4.79 Å². The number of hydrogen-bond donors (Lipinski definition) is 2. The summed E-state index contributed by atoms with van der Waals surface area (Å²) in [5.41, 5.74) is 6.58. The largest absolute Gasteiger partial charge is 0.480 e. The highest BCUT2D eigenvalue weighted by Gasteiger charge is 2.17. The van der Waals surface area contributed by atoms with Crippen molar-refractivity contribution in [1.82, 2.24) is 4.98 Å². The van der Waals surface area contributed by atoms with Gasteiger partial charge >= 0.3 is 5.97 Å². The number of hydrogen-bond acceptors (Lipinski definition) is 4. The number of halogens is 1. The molecule has 0 bridgehead atoms. The Bertz CT molecular complexity index is 571. The Labute approximate surface area is 107 Å². The average molecular weight is 266 g/mol. The standard InChI is InChI=1S/C12H11FN2O2S/c13-8-3-1-2-7(4-8)5-10-15-9(6-18-10)11(14)12(16)17/h1-4,6,11H,5,14H2,(H,16,17). The zero-order valence-electron chi connectivity index (χ0n) is 9.34. The minimum atomic E-state index is -1.11. The van der Waals surface area contributed by atoms with Gasteiger partial charge in [0.2, 0.25) is 0 Å². The summed E-state index contributed by atoms with van der Waals surface area (Å²) in [7, 11) is 0. The van der Waals surface area contributed by atoms with Crippen molar-refractivity contribution in [1.29, 1.82) is 0 Å². The highest BCUT2D eigenvalue weighted by molar-refractivity contribution is 7.09. The fraction of sp³-hybridized carbons (Fsp3) is 0.167. The average Bonchev–Trinajstić information content (AvgIpc) is 2.76. The van der Waals surface area contributed by atoms with Crippen LogP contribution in [0, 0.1) is 5.82 Å². The first-order valence-corrected chi connectivity index (χ1v) is 6.11. The molecular formula is C12H11FN2O2S. The number of thiazole rings is 1. The molecule has 1 unspecified atom stereocenters. The zero-order chi connectivity index (χ0) is 13.1. The Morgan fingerprint density at radius 3 is 3.00 bits per heavy atom. The summed E-state index contributed by atoms with van der Waals surface area (Å²) in [5, 5.41) is 11.1. The summed E-state index contributed by atoms with van der Waals surface area (Å²) in [6.07, 6.45) is 0.467. The van der Waals surface area contributed by atoms with E-state index >= 15 is 0 Å². The van der Waals surface area contributed by atoms with Crippen molar-refractivity contribution in [3.8, 4) is 0 Å². The summed E-state index contributed by atoms with van der Waals surface area (Å²) in [6.45, 7) is 0. The Morgan fingerprint density at radius 1 is 1.56 bits per heavy atom. The monoisotopic (exact) mass is 266 g/mol. The topological polar surface area (TPSA) is 76.2 Å². The second-order valence-corrected chi connectivity index (χ2v) is 4.73. The molecule has 0 aliphatic heterocycles. The Kier molecular flexibility index (Phi) is 3.69. The van der Waals surface area contributed by atoms with Crippen LogP contribution in [0.5, 0.6) is 0 Å². The molecule has 18 heavy (non-hydrogen) atoms. The number of nitrogens with zero attached hydrogens (tertiary/aromatic N) is 1. The molecule has 2 aromatic rings. The second-order valence-electron chi connectivity index (χ2n) is 3.79. The van der Waals surface area contributed by atoms with Crippen LogP contribution in [0.25, 0.3) is 0 Å². The Hall–Kier alpha value is -1.79. The summed E-state index contributed by atoms with van der Waals surface area (Å²) >= 11 is 1.32. The third-order valence-electron chi connectivity index (χ3n) is 2.40. The maximum absolute atomic E-state index is 13.0. The molecule has 0 aliphatic rings. The fourth-order valence-corrected chi connectivity index (χ4v) is 2.36. The van der Waals surface area contributed by atoms with Gasteiger partial charge in [0, 0.05) is 11.8 Å². The lowest BCUT2D eigenvalue weighted by molar-refractivity contribution is -0.138. The van der Waals surface area contributed by atoms with E-state index in [1.807, 2.05) is 0 Å². The van der Waals surface area contributed by atoms with Gasteiger partial charge in [0.05, 0.1) is 10.7 Å². The quantitative estimate of drug-likeness (QED) is 0.887. The van der Waals surface area contributed by atoms with Crippen molar-refractivity contribution in [3.05, 3.63) is 51.7 Å². The normalized spacial score (nSPS) is 12.3. The van der Waals surface area contributed by atoms with Gasteiger partial charge in [-0.15, -0.1) is 11.3 Å². The molecule has 0 fully saturated rings. The Morgan fingerprint density at radius 2 is 2.33 bits per heavy atom. The molecule has 1 heterocycles. The van der Waals surface area contributed by atoms with Crippen LogP contribution < -0.4 is 5.73 Å². The van der Waals surface area contributed by atoms with E-state index in [0.717, 1.165) is 5.56 Å². The van der Waals surface area contributed by atoms with E-state index in [2.05, 4.69) is 4.98 Å². The van der Waals surface area contributed by atoms with Crippen LogP contribution in [-0.4, -0.2) is 16.1 Å². The van der Waals surface area contributed by atoms with Crippen LogP contribution in [0.3, 0.4) is 0 Å². The van der Waals surface area contributed by atoms with E-state index < -0.39 is 12.0 Å². The minimum Gasteiger partial charge on any atom is -0.480 e. The lowest BCUT2D eigenvalue weighted by atomic mass is 10.1. The summed E-state index contributed by atoms with van der Waals surface area (Å²) < 4.78 is 13.0. The number of rotatable bonds is 4. The summed E-state index contributed by atoms with van der Waals surface area (Å²) in [4.78, 5) is 14.8. The van der Waals surface area contributed by atoms with E-state index in [1.165, 1.54) is 23.5 Å². The third-order valence-corrected chi connectivity index (χ3v) is 3.27. The van der Waals surface area contributed by atoms with Gasteiger partial charge in [0.25, 0.3) is 0 Å². The van der Waals surface area contributed by atoms with Crippen LogP contribution in [0.15, 0.2) is 29.6 Å². The Balaban J connectivity index is 2.14. The molecule has 4 nitrogen and oxygen atoms in total. The molecule has 6 heteroatoms. The maximum Gasteiger partial charge on any atom is 0.326 e. The first kappa shape index (κ1) is 12.7. The predicted molar refractivity (Wildman–Crippen MR) is 65.9 cm³/mol. The fourth-order valence-electron chi connectivity index (χ4n) is 1.50. The maximum atomic E-state index is 13.0. The molecule has 3 N–H and O–H groups in total. The number of carbonyl (C=O) groups is 1. The highest BCUT2D eigenvalue weighted by Crippen LogP contribution is 2.18. The number of benzene rings is 1. The predicted octanol–water partition coefficient (Wildman–Crippen LogP) is 1.96. The van der Waals surface area contributed by atoms with Gasteiger partial charge in [-0.25, -0.2) is 9.37 Å². The van der Waals surface area contributed by atoms with Crippen LogP contribution in [-0.2, 0) is 11.2 Å². The van der Waals surface area contributed by atoms with E-state index in [9.17, 15) is 9.18 Å². The molecule has 1 aromatic carbocycles. The molecule has 0 radical (unpaired) electrons. The van der Waals surface area contributed by atoms with Crippen LogP contribution in [0.4, 0.5) is 4.39 Å². The first-order chi connectivity index (χ1) is 8.56. The van der Waals surface area contributed by atoms with Crippen LogP contribution in [0.1, 0.15) is 22.3 Å². The number of nitrogens with two attached hydrogens (primary N) is 1. The van der Waals surface area contributed by atoms with Gasteiger partial charge in [-0.05, 0) is 17.7 Å². The van der Waals surface area contributed by atoms with Crippen molar-refractivity contribution in [2.45, 2.75) is 12.5 Å². The molecule has 0 amide bonds. The lowest BCUT2D eigenvalue weighted by Gasteiger charge is -2.01. The number of aromatic nitrogens is 1. The highest BCUT2D eigenvalue weighted by atomic mass is 32.1. The molecule has 0 aliphatic carbocycles. The van der Waals surface area contributed by atoms with Crippen LogP contribution >= 0.6 is 11.3 Å². The van der Waals surface area contributed by atoms with Gasteiger partial charge < -0.3 is 10.8 Å². The van der Waals surface area contributed by atoms with Crippen molar-refractivity contribution >= 4 is 17.3 Å². The molecule has 1 atom stereocenters. The van der Waals surface area contributed by atoms with Gasteiger partial charge in [0.15, 0.2) is 0 Å². The summed E-state index contributed by atoms with van der Waals surface area (Å²) in [5.74, 6) is -1.41. The van der Waals surface area contributed by atoms with Crippen LogP contribution in [0.2, 0.25) is 0 Å². The number of carboxylic acid groups (broad SMARTS) is 1. The first-order valence-electron chi connectivity index (χ1n) is 5.23. The van der Waals surface area contributed by atoms with Gasteiger partial charge in [0.1, 0.15) is 11.9 Å². The lowest BCUT2D eigenvalue weighted by Crippen LogP contribution is -2.20. The molecule has 0 saturated heterocycles. The zero-order valence-corrected chi connectivity index (χ0v) is 10.2. The van der Waals surface area contributed by atoms with Crippen molar-refractivity contribution in [2.24, 2.45) is 5.73 Å². The molecule has 1 aromatic heterocycles. The van der Waals surface area contributed by atoms with Crippen molar-refractivity contribution in [3.63, 3.8) is 0 Å². The number of aliphatic carboxylic acids is 1. The molecule has 0 saturated carbocycles. The second kappa shape index (κ2) is 5.24. The van der Waals surface area contributed by atoms with Crippen molar-refractivity contribution < 1.29 is 14.3 Å². The van der Waals surface area contributed by atoms with Crippen molar-refractivity contribution in [2.75, 3.05) is 0 Å². The molecule has 94 valence electrons. The van der Waals surface area contributed by atoms with E-state index in [4.69, 9.17) is 10.8 Å². The van der Waals surface area contributed by atoms with E-state index in [1.54, 1.807) is 17.5 Å². The molecule has 2 rings (SSSR count).